The number of hydrogen-bond donors (Lipinski definition) is 2. The van der Waals surface area contributed by atoms with Gasteiger partial charge < -0.3 is 0 Å². The summed E-state index contributed by atoms with van der Waals surface area (Å²) in [5.74, 6) is 5.51. The van der Waals surface area contributed by atoms with Crippen LogP contribution in [0, 0.1) is 5.82 Å². The Labute approximate surface area is 107 Å². The van der Waals surface area contributed by atoms with Crippen molar-refractivity contribution in [2.75, 3.05) is 32.7 Å². The molecule has 0 amide bonds. The third kappa shape index (κ3) is 2.14. The van der Waals surface area contributed by atoms with Crippen molar-refractivity contribution in [1.82, 2.24) is 15.2 Å². The monoisotopic (exact) mass is 250 g/mol. The average Bonchev–Trinajstić information content (AvgIpc) is 2.43. The van der Waals surface area contributed by atoms with Gasteiger partial charge in [-0.3, -0.25) is 21.1 Å². The van der Waals surface area contributed by atoms with Crippen molar-refractivity contribution < 1.29 is 4.39 Å². The van der Waals surface area contributed by atoms with Gasteiger partial charge in [-0.25, -0.2) is 4.39 Å². The van der Waals surface area contributed by atoms with Gasteiger partial charge in [-0.1, -0.05) is 12.1 Å². The number of piperazine rings is 3. The molecule has 2 atom stereocenters. The predicted molar refractivity (Wildman–Crippen MR) is 68.3 cm³/mol. The van der Waals surface area contributed by atoms with Crippen molar-refractivity contribution in [3.8, 4) is 0 Å². The van der Waals surface area contributed by atoms with Crippen LogP contribution in [0.4, 0.5) is 4.39 Å². The van der Waals surface area contributed by atoms with E-state index < -0.39 is 0 Å². The number of hydrazine groups is 1. The molecule has 5 heteroatoms. The van der Waals surface area contributed by atoms with Crippen molar-refractivity contribution in [3.05, 3.63) is 35.6 Å². The van der Waals surface area contributed by atoms with Crippen LogP contribution >= 0.6 is 0 Å². The Morgan fingerprint density at radius 2 is 1.83 bits per heavy atom. The van der Waals surface area contributed by atoms with Crippen LogP contribution in [0.25, 0.3) is 0 Å². The Morgan fingerprint density at radius 3 is 2.33 bits per heavy atom. The lowest BCUT2D eigenvalue weighted by Gasteiger charge is -2.50. The fourth-order valence-electron chi connectivity index (χ4n) is 3.07. The van der Waals surface area contributed by atoms with Gasteiger partial charge in [-0.05, 0) is 17.7 Å². The maximum Gasteiger partial charge on any atom is 0.123 e. The van der Waals surface area contributed by atoms with Gasteiger partial charge in [-0.2, -0.15) is 0 Å². The normalized spacial score (nSPS) is 32.4. The molecule has 2 unspecified atom stereocenters. The van der Waals surface area contributed by atoms with E-state index in [1.54, 1.807) is 0 Å². The van der Waals surface area contributed by atoms with Crippen molar-refractivity contribution in [2.24, 2.45) is 5.84 Å². The van der Waals surface area contributed by atoms with Crippen LogP contribution in [0.5, 0.6) is 0 Å². The first kappa shape index (κ1) is 12.0. The van der Waals surface area contributed by atoms with E-state index in [4.69, 9.17) is 5.84 Å². The lowest BCUT2D eigenvalue weighted by Crippen LogP contribution is -2.64. The predicted octanol–water partition coefficient (Wildman–Crippen LogP) is 0.330. The number of benzene rings is 1. The molecule has 3 N–H and O–H groups in total. The number of fused-ring (bicyclic) bond motifs is 3. The fourth-order valence-corrected chi connectivity index (χ4v) is 3.07. The van der Waals surface area contributed by atoms with Crippen molar-refractivity contribution in [3.63, 3.8) is 0 Å². The highest BCUT2D eigenvalue weighted by Crippen LogP contribution is 2.26. The molecule has 3 heterocycles. The van der Waals surface area contributed by atoms with Crippen LogP contribution in [0.15, 0.2) is 24.3 Å². The van der Waals surface area contributed by atoms with E-state index in [0.717, 1.165) is 38.3 Å². The van der Waals surface area contributed by atoms with Gasteiger partial charge >= 0.3 is 0 Å². The summed E-state index contributed by atoms with van der Waals surface area (Å²) in [6, 6.07) is 7.07. The molecule has 0 spiro atoms. The zero-order valence-electron chi connectivity index (χ0n) is 10.3. The topological polar surface area (TPSA) is 44.5 Å². The molecule has 0 aliphatic carbocycles. The van der Waals surface area contributed by atoms with E-state index in [0.29, 0.717) is 6.04 Å². The Balaban J connectivity index is 1.81. The van der Waals surface area contributed by atoms with Gasteiger partial charge in [0.15, 0.2) is 0 Å². The molecule has 0 saturated carbocycles. The highest BCUT2D eigenvalue weighted by Gasteiger charge is 2.36. The second-order valence-electron chi connectivity index (χ2n) is 5.10. The standard InChI is InChI=1S/C13H19FN4/c14-11-3-1-10(2-4-11)13(16-15)12-9-17-5-7-18(12)8-6-17/h1-4,12-13,16H,5-9,15H2. The molecule has 3 fully saturated rings. The number of nitrogens with zero attached hydrogens (tertiary/aromatic N) is 2. The van der Waals surface area contributed by atoms with Gasteiger partial charge in [0.2, 0.25) is 0 Å². The molecule has 1 aromatic carbocycles. The zero-order valence-corrected chi connectivity index (χ0v) is 10.3. The molecule has 0 radical (unpaired) electrons. The molecular formula is C13H19FN4. The third-order valence-corrected chi connectivity index (χ3v) is 4.11. The van der Waals surface area contributed by atoms with Crippen molar-refractivity contribution >= 4 is 0 Å². The van der Waals surface area contributed by atoms with Crippen molar-refractivity contribution in [1.29, 1.82) is 0 Å². The molecule has 0 aromatic heterocycles. The highest BCUT2D eigenvalue weighted by atomic mass is 19.1. The number of hydrogen-bond acceptors (Lipinski definition) is 4. The molecule has 3 aliphatic heterocycles. The summed E-state index contributed by atoms with van der Waals surface area (Å²) in [4.78, 5) is 4.95. The average molecular weight is 250 g/mol. The SMILES string of the molecule is NNC(c1ccc(F)cc1)C1CN2CCN1CC2. The molecule has 3 aliphatic rings. The summed E-state index contributed by atoms with van der Waals surface area (Å²) in [6.45, 7) is 5.54. The summed E-state index contributed by atoms with van der Waals surface area (Å²) in [7, 11) is 0. The third-order valence-electron chi connectivity index (χ3n) is 4.11. The minimum absolute atomic E-state index is 0.0636. The van der Waals surface area contributed by atoms with Crippen LogP contribution in [0.3, 0.4) is 0 Å². The summed E-state index contributed by atoms with van der Waals surface area (Å²) in [6.07, 6.45) is 0. The second-order valence-corrected chi connectivity index (χ2v) is 5.10. The molecule has 1 aromatic rings. The Bertz CT molecular complexity index is 400. The smallest absolute Gasteiger partial charge is 0.123 e. The largest absolute Gasteiger partial charge is 0.299 e. The second kappa shape index (κ2) is 4.93. The van der Waals surface area contributed by atoms with Crippen LogP contribution in [-0.4, -0.2) is 48.6 Å². The Kier molecular flexibility index (Phi) is 3.30. The van der Waals surface area contributed by atoms with Crippen LogP contribution in [-0.2, 0) is 0 Å². The molecule has 3 saturated heterocycles. The maximum absolute atomic E-state index is 13.0. The molecular weight excluding hydrogens is 231 g/mol. The summed E-state index contributed by atoms with van der Waals surface area (Å²) in [5, 5.41) is 0. The Morgan fingerprint density at radius 1 is 1.17 bits per heavy atom. The number of nitrogens with two attached hydrogens (primary N) is 1. The van der Waals surface area contributed by atoms with Gasteiger partial charge in [0.25, 0.3) is 0 Å². The first-order valence-corrected chi connectivity index (χ1v) is 6.46. The minimum atomic E-state index is -0.205. The van der Waals surface area contributed by atoms with Gasteiger partial charge in [0.05, 0.1) is 6.04 Å². The summed E-state index contributed by atoms with van der Waals surface area (Å²) >= 11 is 0. The first-order valence-electron chi connectivity index (χ1n) is 6.46. The Hall–Kier alpha value is -1.01. The molecule has 98 valence electrons. The maximum atomic E-state index is 13.0. The van der Waals surface area contributed by atoms with Gasteiger partial charge in [0, 0.05) is 38.8 Å². The molecule has 4 rings (SSSR count). The van der Waals surface area contributed by atoms with E-state index in [9.17, 15) is 4.39 Å². The van der Waals surface area contributed by atoms with E-state index in [2.05, 4.69) is 15.2 Å². The fraction of sp³-hybridized carbons (Fsp3) is 0.538. The quantitative estimate of drug-likeness (QED) is 0.599. The highest BCUT2D eigenvalue weighted by molar-refractivity contribution is 5.22. The van der Waals surface area contributed by atoms with Gasteiger partial charge in [-0.15, -0.1) is 0 Å². The zero-order chi connectivity index (χ0) is 12.5. The first-order chi connectivity index (χ1) is 8.78. The van der Waals surface area contributed by atoms with E-state index in [1.807, 2.05) is 12.1 Å². The lowest BCUT2D eigenvalue weighted by atomic mass is 9.94. The van der Waals surface area contributed by atoms with E-state index in [1.165, 1.54) is 12.1 Å². The molecule has 4 nitrogen and oxygen atoms in total. The number of nitrogens with one attached hydrogen (secondary N) is 1. The van der Waals surface area contributed by atoms with Crippen molar-refractivity contribution in [2.45, 2.75) is 12.1 Å². The molecule has 2 bridgehead atoms. The number of halogens is 1. The van der Waals surface area contributed by atoms with Crippen LogP contribution in [0.1, 0.15) is 11.6 Å². The minimum Gasteiger partial charge on any atom is -0.299 e. The van der Waals surface area contributed by atoms with Crippen LogP contribution in [0.2, 0.25) is 0 Å². The summed E-state index contributed by atoms with van der Waals surface area (Å²) in [5.41, 5.74) is 3.95. The van der Waals surface area contributed by atoms with Crippen LogP contribution < -0.4 is 11.3 Å². The van der Waals surface area contributed by atoms with Gasteiger partial charge in [0.1, 0.15) is 5.82 Å². The van der Waals surface area contributed by atoms with E-state index in [-0.39, 0.29) is 11.9 Å². The summed E-state index contributed by atoms with van der Waals surface area (Å²) < 4.78 is 13.0. The molecule has 18 heavy (non-hydrogen) atoms. The number of rotatable bonds is 3. The van der Waals surface area contributed by atoms with E-state index >= 15 is 0 Å². The lowest BCUT2D eigenvalue weighted by molar-refractivity contribution is -0.00370.